The molecule has 0 aliphatic heterocycles. The Morgan fingerprint density at radius 3 is 2.33 bits per heavy atom. The highest BCUT2D eigenvalue weighted by atomic mass is 16.1. The van der Waals surface area contributed by atoms with Gasteiger partial charge in [0.25, 0.3) is 0 Å². The minimum atomic E-state index is 0.170. The molecule has 4 aliphatic rings. The largest absolute Gasteiger partial charge is 0.300 e. The molecule has 148 valence electrons. The predicted molar refractivity (Wildman–Crippen MR) is 113 cm³/mol. The summed E-state index contributed by atoms with van der Waals surface area (Å²) >= 11 is 0. The van der Waals surface area contributed by atoms with Crippen molar-refractivity contribution in [3.05, 3.63) is 50.1 Å². The zero-order valence-corrected chi connectivity index (χ0v) is 17.4. The normalized spacial score (nSPS) is 41.4. The summed E-state index contributed by atoms with van der Waals surface area (Å²) in [6.07, 6.45) is 12.9. The summed E-state index contributed by atoms with van der Waals surface area (Å²) < 4.78 is 0. The Labute approximate surface area is 165 Å². The summed E-state index contributed by atoms with van der Waals surface area (Å²) in [6, 6.07) is 0. The van der Waals surface area contributed by atoms with Gasteiger partial charge in [0.2, 0.25) is 0 Å². The number of carbonyl (C=O) groups is 2. The van der Waals surface area contributed by atoms with Gasteiger partial charge in [-0.25, -0.2) is 0 Å². The lowest BCUT2D eigenvalue weighted by molar-refractivity contribution is -0.127. The number of carbonyl (C=O) groups excluding carboxylic acids is 2. The summed E-state index contributed by atoms with van der Waals surface area (Å²) in [6.45, 7) is 18.5. The van der Waals surface area contributed by atoms with Crippen LogP contribution in [0.15, 0.2) is 50.1 Å². The van der Waals surface area contributed by atoms with Gasteiger partial charge in [0.05, 0.1) is 0 Å². The first-order chi connectivity index (χ1) is 12.9. The summed E-state index contributed by atoms with van der Waals surface area (Å²) in [5, 5.41) is 0. The molecule has 2 saturated carbocycles. The van der Waals surface area contributed by atoms with Gasteiger partial charge in [0, 0.05) is 12.3 Å². The fourth-order valence-corrected chi connectivity index (χ4v) is 6.66. The van der Waals surface area contributed by atoms with Crippen LogP contribution in [0.3, 0.4) is 0 Å². The second kappa shape index (κ2) is 8.12. The third-order valence-electron chi connectivity index (χ3n) is 8.01. The molecule has 4 rings (SSSR count). The molecule has 2 fully saturated rings. The molecule has 0 radical (unpaired) electrons. The van der Waals surface area contributed by atoms with Gasteiger partial charge in [0.1, 0.15) is 5.78 Å². The molecule has 0 bridgehead atoms. The van der Waals surface area contributed by atoms with Crippen LogP contribution < -0.4 is 0 Å². The molecule has 0 spiro atoms. The Hall–Kier alpha value is -1.70. The van der Waals surface area contributed by atoms with Crippen LogP contribution >= 0.6 is 0 Å². The van der Waals surface area contributed by atoms with Crippen LogP contribution in [-0.2, 0) is 9.59 Å². The van der Waals surface area contributed by atoms with Gasteiger partial charge in [0.15, 0.2) is 5.78 Å². The number of Topliss-reactive ketones (excluding diaryl/α,β-unsaturated/α-hetero) is 1. The molecule has 0 unspecified atom stereocenters. The highest BCUT2D eigenvalue weighted by Gasteiger charge is 2.58. The van der Waals surface area contributed by atoms with Gasteiger partial charge < -0.3 is 0 Å². The number of rotatable bonds is 1. The molecular weight excluding hydrogens is 332 g/mol. The second-order valence-electron chi connectivity index (χ2n) is 8.92. The van der Waals surface area contributed by atoms with Gasteiger partial charge in [-0.3, -0.25) is 9.59 Å². The van der Waals surface area contributed by atoms with Crippen LogP contribution in [0.4, 0.5) is 0 Å². The number of hydrogen-bond acceptors (Lipinski definition) is 2. The Balaban J connectivity index is 0.000000614. The Kier molecular flexibility index (Phi) is 6.50. The van der Waals surface area contributed by atoms with E-state index in [4.69, 9.17) is 0 Å². The second-order valence-corrected chi connectivity index (χ2v) is 8.92. The summed E-state index contributed by atoms with van der Waals surface area (Å²) in [5.41, 5.74) is 1.63. The molecular formula is C25H36O2. The van der Waals surface area contributed by atoms with Crippen LogP contribution in [-0.4, -0.2) is 11.6 Å². The molecule has 0 heterocycles. The van der Waals surface area contributed by atoms with Gasteiger partial charge in [-0.2, -0.15) is 0 Å². The molecule has 2 nitrogen and oxygen atoms in total. The molecule has 0 amide bonds. The third kappa shape index (κ3) is 3.32. The van der Waals surface area contributed by atoms with Crippen molar-refractivity contribution < 1.29 is 9.59 Å². The van der Waals surface area contributed by atoms with Gasteiger partial charge in [-0.1, -0.05) is 26.0 Å². The van der Waals surface area contributed by atoms with E-state index in [-0.39, 0.29) is 16.7 Å². The van der Waals surface area contributed by atoms with Crippen LogP contribution in [0.2, 0.25) is 0 Å². The molecule has 0 aromatic heterocycles. The standard InChI is InChI=1S/C21H28O2.2C2H4/c1-13(22)17-6-7-18-16-5-4-14-12-15(23)8-10-20(14,2)19(16)9-11-21(17,18)3;2*1-2/h4-5,12,16-19H,6-11H2,1-3H3;2*1-2H2/t16-,17+,18-,19-,20-,21+;;/m0../s1. The van der Waals surface area contributed by atoms with Crippen molar-refractivity contribution in [2.24, 2.45) is 34.5 Å². The average Bonchev–Trinajstić information content (AvgIpc) is 3.03. The van der Waals surface area contributed by atoms with Crippen molar-refractivity contribution in [3.8, 4) is 0 Å². The molecule has 0 aromatic carbocycles. The molecule has 0 saturated heterocycles. The lowest BCUT2D eigenvalue weighted by Gasteiger charge is -2.55. The maximum absolute atomic E-state index is 12.1. The quantitative estimate of drug-likeness (QED) is 0.524. The molecule has 0 N–H and O–H groups in total. The fourth-order valence-electron chi connectivity index (χ4n) is 6.66. The van der Waals surface area contributed by atoms with Crippen LogP contribution in [0.5, 0.6) is 0 Å². The summed E-state index contributed by atoms with van der Waals surface area (Å²) in [7, 11) is 0. The summed E-state index contributed by atoms with van der Waals surface area (Å²) in [4.78, 5) is 24.0. The van der Waals surface area contributed by atoms with E-state index in [1.165, 1.54) is 24.8 Å². The fraction of sp³-hybridized carbons (Fsp3) is 0.600. The maximum Gasteiger partial charge on any atom is 0.156 e. The van der Waals surface area contributed by atoms with E-state index < -0.39 is 0 Å². The maximum atomic E-state index is 12.1. The van der Waals surface area contributed by atoms with E-state index >= 15 is 0 Å². The zero-order chi connectivity index (χ0) is 20.4. The Bertz CT molecular complexity index is 655. The molecule has 27 heavy (non-hydrogen) atoms. The molecule has 2 heteroatoms. The van der Waals surface area contributed by atoms with Crippen molar-refractivity contribution in [2.45, 2.75) is 59.3 Å². The third-order valence-corrected chi connectivity index (χ3v) is 8.01. The van der Waals surface area contributed by atoms with E-state index in [1.54, 1.807) is 6.92 Å². The highest BCUT2D eigenvalue weighted by molar-refractivity contribution is 5.92. The topological polar surface area (TPSA) is 34.1 Å². The van der Waals surface area contributed by atoms with Crippen molar-refractivity contribution in [1.29, 1.82) is 0 Å². The lowest BCUT2D eigenvalue weighted by Crippen LogP contribution is -2.49. The Morgan fingerprint density at radius 2 is 1.70 bits per heavy atom. The number of fused-ring (bicyclic) bond motifs is 5. The molecule has 4 aliphatic carbocycles. The number of hydrogen-bond donors (Lipinski definition) is 0. The monoisotopic (exact) mass is 368 g/mol. The average molecular weight is 369 g/mol. The van der Waals surface area contributed by atoms with E-state index in [1.807, 2.05) is 6.08 Å². The van der Waals surface area contributed by atoms with Crippen molar-refractivity contribution in [3.63, 3.8) is 0 Å². The van der Waals surface area contributed by atoms with Crippen LogP contribution in [0, 0.1) is 34.5 Å². The van der Waals surface area contributed by atoms with Crippen molar-refractivity contribution >= 4 is 11.6 Å². The van der Waals surface area contributed by atoms with Gasteiger partial charge in [-0.05, 0) is 79.3 Å². The van der Waals surface area contributed by atoms with Gasteiger partial charge in [-0.15, -0.1) is 26.3 Å². The van der Waals surface area contributed by atoms with E-state index in [2.05, 4.69) is 52.3 Å². The smallest absolute Gasteiger partial charge is 0.156 e. The van der Waals surface area contributed by atoms with E-state index in [0.717, 1.165) is 12.8 Å². The van der Waals surface area contributed by atoms with Crippen LogP contribution in [0.1, 0.15) is 59.3 Å². The molecule has 6 atom stereocenters. The predicted octanol–water partition coefficient (Wildman–Crippen LogP) is 6.10. The van der Waals surface area contributed by atoms with Crippen molar-refractivity contribution in [1.82, 2.24) is 0 Å². The summed E-state index contributed by atoms with van der Waals surface area (Å²) in [5.74, 6) is 2.83. The van der Waals surface area contributed by atoms with Gasteiger partial charge >= 0.3 is 0 Å². The number of allylic oxidation sites excluding steroid dienone is 4. The highest BCUT2D eigenvalue weighted by Crippen LogP contribution is 2.65. The first-order valence-electron chi connectivity index (χ1n) is 10.3. The van der Waals surface area contributed by atoms with E-state index in [0.29, 0.717) is 35.7 Å². The Morgan fingerprint density at radius 1 is 1.04 bits per heavy atom. The first-order valence-corrected chi connectivity index (χ1v) is 10.3. The minimum absolute atomic E-state index is 0.170. The number of ketones is 2. The van der Waals surface area contributed by atoms with E-state index in [9.17, 15) is 9.59 Å². The zero-order valence-electron chi connectivity index (χ0n) is 17.4. The van der Waals surface area contributed by atoms with Crippen molar-refractivity contribution in [2.75, 3.05) is 0 Å². The molecule has 0 aromatic rings. The lowest BCUT2D eigenvalue weighted by atomic mass is 9.48. The first kappa shape index (κ1) is 21.6. The van der Waals surface area contributed by atoms with Crippen LogP contribution in [0.25, 0.3) is 0 Å². The minimum Gasteiger partial charge on any atom is -0.300 e. The SMILES string of the molecule is C=C.C=C.CC(=O)[C@H]1CC[C@H]2[C@@H]3C=CC4=CC(=O)CC[C@]4(C)[C@H]3CC[C@]12C.